The van der Waals surface area contributed by atoms with Gasteiger partial charge in [0.15, 0.2) is 0 Å². The highest BCUT2D eigenvalue weighted by Crippen LogP contribution is 2.29. The number of anilines is 1. The quantitative estimate of drug-likeness (QED) is 0.512. The molecule has 2 heterocycles. The molecule has 32 heavy (non-hydrogen) atoms. The van der Waals surface area contributed by atoms with E-state index in [1.165, 1.54) is 0 Å². The van der Waals surface area contributed by atoms with E-state index < -0.39 is 5.60 Å². The van der Waals surface area contributed by atoms with Crippen LogP contribution in [0.15, 0.2) is 42.5 Å². The number of carbonyl (C=O) groups is 1. The van der Waals surface area contributed by atoms with E-state index in [9.17, 15) is 4.79 Å². The smallest absolute Gasteiger partial charge is 0.407 e. The van der Waals surface area contributed by atoms with Crippen molar-refractivity contribution in [1.82, 2.24) is 14.9 Å². The van der Waals surface area contributed by atoms with Crippen molar-refractivity contribution in [2.45, 2.75) is 51.8 Å². The SMILES string of the molecule is CC(C)(C)OC(=O)NC1CCCN(c2nc3ccccc3n2Cc2cc(Cl)ccc2Cl)C1. The first kappa shape index (κ1) is 22.7. The standard InChI is InChI=1S/C24H28Cl2N4O2/c1-24(2,3)32-23(31)27-18-7-6-12-29(15-18)22-28-20-8-4-5-9-21(20)30(22)14-16-13-17(25)10-11-19(16)26/h4-5,8-11,13,18H,6-7,12,14-15H2,1-3H3,(H,27,31). The summed E-state index contributed by atoms with van der Waals surface area (Å²) in [5.41, 5.74) is 2.36. The summed E-state index contributed by atoms with van der Waals surface area (Å²) < 4.78 is 7.61. The molecular formula is C24H28Cl2N4O2. The summed E-state index contributed by atoms with van der Waals surface area (Å²) in [6, 6.07) is 13.6. The first-order chi connectivity index (χ1) is 15.2. The lowest BCUT2D eigenvalue weighted by Gasteiger charge is -2.34. The summed E-state index contributed by atoms with van der Waals surface area (Å²) in [5.74, 6) is 0.859. The van der Waals surface area contributed by atoms with Gasteiger partial charge in [-0.1, -0.05) is 35.3 Å². The van der Waals surface area contributed by atoms with Crippen LogP contribution in [0.2, 0.25) is 10.0 Å². The average Bonchev–Trinajstić information content (AvgIpc) is 3.08. The van der Waals surface area contributed by atoms with Gasteiger partial charge >= 0.3 is 6.09 Å². The van der Waals surface area contributed by atoms with E-state index in [2.05, 4.69) is 20.9 Å². The van der Waals surface area contributed by atoms with E-state index in [0.29, 0.717) is 23.1 Å². The van der Waals surface area contributed by atoms with Crippen molar-refractivity contribution >= 4 is 46.3 Å². The maximum atomic E-state index is 12.3. The van der Waals surface area contributed by atoms with Gasteiger partial charge in [-0.3, -0.25) is 0 Å². The minimum absolute atomic E-state index is 0.0124. The molecule has 0 bridgehead atoms. The molecule has 8 heteroatoms. The molecule has 0 radical (unpaired) electrons. The lowest BCUT2D eigenvalue weighted by atomic mass is 10.1. The number of carbonyl (C=O) groups excluding carboxylic acids is 1. The topological polar surface area (TPSA) is 59.4 Å². The molecule has 1 fully saturated rings. The number of ether oxygens (including phenoxy) is 1. The van der Waals surface area contributed by atoms with Crippen molar-refractivity contribution < 1.29 is 9.53 Å². The number of halogens is 2. The Labute approximate surface area is 198 Å². The van der Waals surface area contributed by atoms with Gasteiger partial charge < -0.3 is 19.5 Å². The van der Waals surface area contributed by atoms with Crippen LogP contribution >= 0.6 is 23.2 Å². The molecule has 1 unspecified atom stereocenters. The second-order valence-corrected chi connectivity index (χ2v) is 10.00. The van der Waals surface area contributed by atoms with Gasteiger partial charge in [-0.2, -0.15) is 0 Å². The van der Waals surface area contributed by atoms with Crippen molar-refractivity contribution in [3.8, 4) is 0 Å². The number of imidazole rings is 1. The molecular weight excluding hydrogens is 447 g/mol. The third kappa shape index (κ3) is 5.30. The van der Waals surface area contributed by atoms with Gasteiger partial charge in [0, 0.05) is 29.2 Å². The minimum Gasteiger partial charge on any atom is -0.444 e. The number of piperidine rings is 1. The van der Waals surface area contributed by atoms with Crippen molar-refractivity contribution in [3.63, 3.8) is 0 Å². The summed E-state index contributed by atoms with van der Waals surface area (Å²) in [7, 11) is 0. The highest BCUT2D eigenvalue weighted by atomic mass is 35.5. The van der Waals surface area contributed by atoms with Gasteiger partial charge in [0.25, 0.3) is 0 Å². The Kier molecular flexibility index (Phi) is 6.54. The van der Waals surface area contributed by atoms with Crippen molar-refractivity contribution in [3.05, 3.63) is 58.1 Å². The van der Waals surface area contributed by atoms with Crippen molar-refractivity contribution in [2.24, 2.45) is 0 Å². The van der Waals surface area contributed by atoms with Gasteiger partial charge in [-0.25, -0.2) is 9.78 Å². The molecule has 0 aliphatic carbocycles. The van der Waals surface area contributed by atoms with Gasteiger partial charge in [-0.15, -0.1) is 0 Å². The van der Waals surface area contributed by atoms with Crippen LogP contribution < -0.4 is 10.2 Å². The number of para-hydroxylation sites is 2. The lowest BCUT2D eigenvalue weighted by Crippen LogP contribution is -2.49. The molecule has 1 aliphatic rings. The number of nitrogens with zero attached hydrogens (tertiary/aromatic N) is 3. The third-order valence-corrected chi connectivity index (χ3v) is 6.00. The average molecular weight is 475 g/mol. The monoisotopic (exact) mass is 474 g/mol. The summed E-state index contributed by atoms with van der Waals surface area (Å²) in [6.45, 7) is 7.66. The van der Waals surface area contributed by atoms with Crippen molar-refractivity contribution in [1.29, 1.82) is 0 Å². The Morgan fingerprint density at radius 3 is 2.78 bits per heavy atom. The van der Waals surface area contributed by atoms with E-state index >= 15 is 0 Å². The molecule has 1 atom stereocenters. The molecule has 0 saturated carbocycles. The van der Waals surface area contributed by atoms with Crippen LogP contribution in [0.3, 0.4) is 0 Å². The van der Waals surface area contributed by atoms with Gasteiger partial charge in [-0.05, 0) is 69.5 Å². The number of nitrogens with one attached hydrogen (secondary N) is 1. The van der Waals surface area contributed by atoms with Crippen LogP contribution in [0.1, 0.15) is 39.2 Å². The maximum absolute atomic E-state index is 12.3. The van der Waals surface area contributed by atoms with E-state index in [1.54, 1.807) is 6.07 Å². The van der Waals surface area contributed by atoms with Crippen LogP contribution in [-0.2, 0) is 11.3 Å². The summed E-state index contributed by atoms with van der Waals surface area (Å²) in [4.78, 5) is 19.4. The zero-order chi connectivity index (χ0) is 22.9. The Balaban J connectivity index is 1.61. The number of rotatable bonds is 4. The number of benzene rings is 2. The largest absolute Gasteiger partial charge is 0.444 e. The van der Waals surface area contributed by atoms with Gasteiger partial charge in [0.05, 0.1) is 17.6 Å². The normalized spacial score (nSPS) is 16.9. The molecule has 1 N–H and O–H groups in total. The van der Waals surface area contributed by atoms with Crippen molar-refractivity contribution in [2.75, 3.05) is 18.0 Å². The second-order valence-electron chi connectivity index (χ2n) is 9.15. The molecule has 1 saturated heterocycles. The molecule has 1 amide bonds. The first-order valence-electron chi connectivity index (χ1n) is 10.8. The van der Waals surface area contributed by atoms with Crippen LogP contribution in [0.25, 0.3) is 11.0 Å². The Morgan fingerprint density at radius 1 is 1.22 bits per heavy atom. The van der Waals surface area contributed by atoms with Crippen LogP contribution in [-0.4, -0.2) is 40.4 Å². The molecule has 1 aromatic heterocycles. The number of amides is 1. The molecule has 3 aromatic rings. The summed E-state index contributed by atoms with van der Waals surface area (Å²) >= 11 is 12.7. The molecule has 4 rings (SSSR count). The maximum Gasteiger partial charge on any atom is 0.407 e. The van der Waals surface area contributed by atoms with E-state index in [0.717, 1.165) is 41.9 Å². The molecule has 6 nitrogen and oxygen atoms in total. The predicted octanol–water partition coefficient (Wildman–Crippen LogP) is 5.88. The second kappa shape index (κ2) is 9.20. The fourth-order valence-electron chi connectivity index (χ4n) is 4.05. The Morgan fingerprint density at radius 2 is 2.00 bits per heavy atom. The molecule has 1 aliphatic heterocycles. The molecule has 170 valence electrons. The zero-order valence-corrected chi connectivity index (χ0v) is 20.1. The predicted molar refractivity (Wildman–Crippen MR) is 130 cm³/mol. The number of alkyl carbamates (subject to hydrolysis) is 1. The van der Waals surface area contributed by atoms with E-state index in [1.807, 2.05) is 51.1 Å². The molecule has 2 aromatic carbocycles. The van der Waals surface area contributed by atoms with Crippen LogP contribution in [0.5, 0.6) is 0 Å². The number of fused-ring (bicyclic) bond motifs is 1. The third-order valence-electron chi connectivity index (χ3n) is 5.40. The number of hydrogen-bond donors (Lipinski definition) is 1. The first-order valence-corrected chi connectivity index (χ1v) is 11.6. The lowest BCUT2D eigenvalue weighted by molar-refractivity contribution is 0.0500. The fraction of sp³-hybridized carbons (Fsp3) is 0.417. The summed E-state index contributed by atoms with van der Waals surface area (Å²) in [6.07, 6.45) is 1.46. The van der Waals surface area contributed by atoms with E-state index in [4.69, 9.17) is 32.9 Å². The highest BCUT2D eigenvalue weighted by molar-refractivity contribution is 6.33. The van der Waals surface area contributed by atoms with Gasteiger partial charge in [0.1, 0.15) is 5.60 Å². The summed E-state index contributed by atoms with van der Waals surface area (Å²) in [5, 5.41) is 4.33. The van der Waals surface area contributed by atoms with Crippen LogP contribution in [0.4, 0.5) is 10.7 Å². The Bertz CT molecular complexity index is 1120. The highest BCUT2D eigenvalue weighted by Gasteiger charge is 2.27. The van der Waals surface area contributed by atoms with Gasteiger partial charge in [0.2, 0.25) is 5.95 Å². The number of hydrogen-bond acceptors (Lipinski definition) is 4. The minimum atomic E-state index is -0.525. The van der Waals surface area contributed by atoms with Crippen LogP contribution in [0, 0.1) is 0 Å². The fourth-order valence-corrected chi connectivity index (χ4v) is 4.42. The van der Waals surface area contributed by atoms with E-state index in [-0.39, 0.29) is 12.1 Å². The Hall–Kier alpha value is -2.44. The molecule has 0 spiro atoms. The number of aromatic nitrogens is 2. The zero-order valence-electron chi connectivity index (χ0n) is 18.6.